The minimum absolute atomic E-state index is 0. The highest BCUT2D eigenvalue weighted by molar-refractivity contribution is 7.89. The molecule has 0 unspecified atom stereocenters. The first-order valence-electron chi connectivity index (χ1n) is 11.1. The van der Waals surface area contributed by atoms with E-state index in [-0.39, 0.29) is 17.9 Å². The lowest BCUT2D eigenvalue weighted by Gasteiger charge is -2.44. The van der Waals surface area contributed by atoms with E-state index in [1.807, 2.05) is 50.2 Å². The van der Waals surface area contributed by atoms with Gasteiger partial charge in [-0.05, 0) is 56.0 Å². The van der Waals surface area contributed by atoms with Crippen molar-refractivity contribution in [3.05, 3.63) is 59.2 Å². The van der Waals surface area contributed by atoms with Gasteiger partial charge in [-0.1, -0.05) is 29.8 Å². The van der Waals surface area contributed by atoms with E-state index in [0.29, 0.717) is 37.4 Å². The van der Waals surface area contributed by atoms with E-state index in [2.05, 4.69) is 10.6 Å². The van der Waals surface area contributed by atoms with Crippen LogP contribution >= 0.6 is 12.4 Å². The van der Waals surface area contributed by atoms with Crippen LogP contribution in [-0.4, -0.2) is 57.4 Å². The van der Waals surface area contributed by atoms with E-state index in [1.165, 1.54) is 0 Å². The van der Waals surface area contributed by atoms with Gasteiger partial charge in [0.05, 0.1) is 24.1 Å². The number of piperidine rings is 1. The lowest BCUT2D eigenvalue weighted by molar-refractivity contribution is 0.241. The van der Waals surface area contributed by atoms with E-state index in [4.69, 9.17) is 9.73 Å². The Hall–Kier alpha value is -2.13. The Morgan fingerprint density at radius 1 is 1.12 bits per heavy atom. The van der Waals surface area contributed by atoms with Crippen molar-refractivity contribution >= 4 is 28.3 Å². The molecule has 0 amide bonds. The normalized spacial score (nSPS) is 18.3. The van der Waals surface area contributed by atoms with Gasteiger partial charge in [0.1, 0.15) is 11.6 Å². The van der Waals surface area contributed by atoms with E-state index in [0.717, 1.165) is 41.4 Å². The fourth-order valence-corrected chi connectivity index (χ4v) is 6.25. The van der Waals surface area contributed by atoms with Crippen molar-refractivity contribution in [3.63, 3.8) is 0 Å². The lowest BCUT2D eigenvalue weighted by atomic mass is 9.85. The van der Waals surface area contributed by atoms with Crippen molar-refractivity contribution in [3.8, 4) is 5.75 Å². The van der Waals surface area contributed by atoms with Gasteiger partial charge in [0.2, 0.25) is 10.0 Å². The molecule has 0 atom stereocenters. The first-order chi connectivity index (χ1) is 15.3. The molecular formula is C24H33ClN4O3S. The van der Waals surface area contributed by atoms with Gasteiger partial charge in [0.25, 0.3) is 0 Å². The number of nitrogens with zero attached hydrogens (tertiary/aromatic N) is 2. The predicted molar refractivity (Wildman–Crippen MR) is 134 cm³/mol. The fraction of sp³-hybridized carbons (Fsp3) is 0.458. The molecule has 2 aromatic carbocycles. The molecule has 0 aromatic heterocycles. The summed E-state index contributed by atoms with van der Waals surface area (Å²) >= 11 is 0. The molecule has 1 saturated heterocycles. The number of aryl methyl sites for hydroxylation is 2. The van der Waals surface area contributed by atoms with Crippen LogP contribution < -0.4 is 15.4 Å². The lowest BCUT2D eigenvalue weighted by Crippen LogP contribution is -2.64. The molecule has 180 valence electrons. The summed E-state index contributed by atoms with van der Waals surface area (Å²) in [6.07, 6.45) is 1.37. The molecular weight excluding hydrogens is 460 g/mol. The number of sulfonamides is 1. The molecule has 7 nitrogen and oxygen atoms in total. The second kappa shape index (κ2) is 10.4. The largest absolute Gasteiger partial charge is 0.497 e. The first kappa shape index (κ1) is 25.5. The van der Waals surface area contributed by atoms with Gasteiger partial charge in [-0.3, -0.25) is 4.99 Å². The number of aliphatic imine (C=N–C) groups is 1. The van der Waals surface area contributed by atoms with Crippen LogP contribution in [-0.2, 0) is 16.6 Å². The molecule has 0 aliphatic carbocycles. The van der Waals surface area contributed by atoms with Gasteiger partial charge < -0.3 is 15.4 Å². The van der Waals surface area contributed by atoms with Gasteiger partial charge >= 0.3 is 0 Å². The molecule has 9 heteroatoms. The van der Waals surface area contributed by atoms with Crippen molar-refractivity contribution in [1.82, 2.24) is 14.9 Å². The quantitative estimate of drug-likeness (QED) is 0.670. The van der Waals surface area contributed by atoms with Crippen LogP contribution in [0.1, 0.15) is 29.5 Å². The zero-order valence-electron chi connectivity index (χ0n) is 19.4. The van der Waals surface area contributed by atoms with Gasteiger partial charge in [-0.2, -0.15) is 4.31 Å². The smallest absolute Gasteiger partial charge is 0.243 e. The summed E-state index contributed by atoms with van der Waals surface area (Å²) in [5, 5.41) is 7.15. The second-order valence-corrected chi connectivity index (χ2v) is 10.5. The summed E-state index contributed by atoms with van der Waals surface area (Å²) < 4.78 is 33.4. The topological polar surface area (TPSA) is 83.0 Å². The number of methoxy groups -OCH3 is 1. The Kier molecular flexibility index (Phi) is 8.05. The first-order valence-corrected chi connectivity index (χ1v) is 12.5. The maximum absolute atomic E-state index is 13.3. The third-order valence-corrected chi connectivity index (χ3v) is 8.50. The van der Waals surface area contributed by atoms with Crippen LogP contribution in [0.25, 0.3) is 0 Å². The third kappa shape index (κ3) is 5.35. The summed E-state index contributed by atoms with van der Waals surface area (Å²) in [5.74, 6) is 1.77. The Labute approximate surface area is 203 Å². The maximum atomic E-state index is 13.3. The average molecular weight is 493 g/mol. The number of hydrogen-bond acceptors (Lipinski definition) is 6. The molecule has 0 radical (unpaired) electrons. The number of benzene rings is 2. The SMILES string of the molecule is COc1ccc(CNC2=NCCNC23CCN(S(=O)(=O)c2ccc(C)cc2C)CC3)cc1.Cl. The fourth-order valence-electron chi connectivity index (χ4n) is 4.60. The van der Waals surface area contributed by atoms with E-state index < -0.39 is 10.0 Å². The summed E-state index contributed by atoms with van der Waals surface area (Å²) in [6.45, 7) is 6.95. The van der Waals surface area contributed by atoms with Crippen LogP contribution in [0, 0.1) is 13.8 Å². The van der Waals surface area contributed by atoms with Crippen LogP contribution in [0.5, 0.6) is 5.75 Å². The van der Waals surface area contributed by atoms with Gasteiger partial charge in [0.15, 0.2) is 0 Å². The van der Waals surface area contributed by atoms with Crippen molar-refractivity contribution in [2.24, 2.45) is 4.99 Å². The number of halogens is 1. The molecule has 4 rings (SSSR count). The second-order valence-electron chi connectivity index (χ2n) is 8.61. The Bertz CT molecular complexity index is 1100. The maximum Gasteiger partial charge on any atom is 0.243 e. The number of hydrogen-bond donors (Lipinski definition) is 2. The molecule has 2 heterocycles. The third-order valence-electron chi connectivity index (χ3n) is 6.44. The summed E-state index contributed by atoms with van der Waals surface area (Å²) in [6, 6.07) is 13.5. The monoisotopic (exact) mass is 492 g/mol. The zero-order valence-corrected chi connectivity index (χ0v) is 21.1. The van der Waals surface area contributed by atoms with Gasteiger partial charge in [0, 0.05) is 26.2 Å². The summed E-state index contributed by atoms with van der Waals surface area (Å²) in [4.78, 5) is 5.18. The average Bonchev–Trinajstić information content (AvgIpc) is 2.79. The molecule has 0 saturated carbocycles. The van der Waals surface area contributed by atoms with Gasteiger partial charge in [-0.25, -0.2) is 8.42 Å². The minimum atomic E-state index is -3.51. The zero-order chi connectivity index (χ0) is 22.8. The predicted octanol–water partition coefficient (Wildman–Crippen LogP) is 3.05. The van der Waals surface area contributed by atoms with Crippen LogP contribution in [0.3, 0.4) is 0 Å². The highest BCUT2D eigenvalue weighted by Gasteiger charge is 2.43. The van der Waals surface area contributed by atoms with E-state index in [1.54, 1.807) is 17.5 Å². The minimum Gasteiger partial charge on any atom is -0.497 e. The summed E-state index contributed by atoms with van der Waals surface area (Å²) in [7, 11) is -1.85. The highest BCUT2D eigenvalue weighted by Crippen LogP contribution is 2.30. The van der Waals surface area contributed by atoms with E-state index >= 15 is 0 Å². The molecule has 1 spiro atoms. The van der Waals surface area contributed by atoms with Crippen molar-refractivity contribution < 1.29 is 13.2 Å². The van der Waals surface area contributed by atoms with Crippen LogP contribution in [0.2, 0.25) is 0 Å². The number of rotatable bonds is 5. The van der Waals surface area contributed by atoms with Crippen LogP contribution in [0.4, 0.5) is 0 Å². The number of ether oxygens (including phenoxy) is 1. The van der Waals surface area contributed by atoms with E-state index in [9.17, 15) is 8.42 Å². The molecule has 33 heavy (non-hydrogen) atoms. The Balaban J connectivity index is 0.00000306. The molecule has 2 aliphatic rings. The van der Waals surface area contributed by atoms with Crippen molar-refractivity contribution in [1.29, 1.82) is 0 Å². The molecule has 1 fully saturated rings. The highest BCUT2D eigenvalue weighted by atomic mass is 35.5. The standard InChI is InChI=1S/C24H32N4O3S.ClH/c1-18-4-9-22(19(2)16-18)32(29,30)28-14-10-24(11-15-28)23(25-12-13-27-24)26-17-20-5-7-21(31-3)8-6-20;/h4-9,16,27H,10-15,17H2,1-3H3,(H,25,26);1H. The molecule has 2 N–H and O–H groups in total. The molecule has 2 aromatic rings. The Morgan fingerprint density at radius 3 is 2.45 bits per heavy atom. The number of amidine groups is 1. The van der Waals surface area contributed by atoms with Crippen LogP contribution in [0.15, 0.2) is 52.4 Å². The Morgan fingerprint density at radius 2 is 1.82 bits per heavy atom. The summed E-state index contributed by atoms with van der Waals surface area (Å²) in [5.41, 5.74) is 2.70. The molecule has 0 bridgehead atoms. The molecule has 2 aliphatic heterocycles. The number of nitrogens with one attached hydrogen (secondary N) is 2. The van der Waals surface area contributed by atoms with Crippen molar-refractivity contribution in [2.75, 3.05) is 33.3 Å². The van der Waals surface area contributed by atoms with Crippen molar-refractivity contribution in [2.45, 2.75) is 43.7 Å². The van der Waals surface area contributed by atoms with Gasteiger partial charge in [-0.15, -0.1) is 12.4 Å².